The van der Waals surface area contributed by atoms with Crippen molar-refractivity contribution in [3.63, 3.8) is 0 Å². The average molecular weight is 383 g/mol. The summed E-state index contributed by atoms with van der Waals surface area (Å²) in [4.78, 5) is 27.9. The van der Waals surface area contributed by atoms with Gasteiger partial charge in [-0.2, -0.15) is 0 Å². The van der Waals surface area contributed by atoms with Gasteiger partial charge in [-0.15, -0.1) is 0 Å². The number of benzene rings is 1. The fourth-order valence-electron chi connectivity index (χ4n) is 3.42. The summed E-state index contributed by atoms with van der Waals surface area (Å²) in [7, 11) is 0. The van der Waals surface area contributed by atoms with E-state index in [1.165, 1.54) is 6.07 Å². The Morgan fingerprint density at radius 3 is 2.86 bits per heavy atom. The number of nitro groups is 1. The maximum absolute atomic E-state index is 12.6. The van der Waals surface area contributed by atoms with Gasteiger partial charge < -0.3 is 16.0 Å². The lowest BCUT2D eigenvalue weighted by atomic mass is 10.00. The van der Waals surface area contributed by atoms with Crippen molar-refractivity contribution in [1.82, 2.24) is 15.6 Å². The molecule has 1 amide bonds. The molecule has 28 heavy (non-hydrogen) atoms. The Morgan fingerprint density at radius 2 is 2.18 bits per heavy atom. The minimum Gasteiger partial charge on any atom is -0.371 e. The third-order valence-corrected chi connectivity index (χ3v) is 4.92. The summed E-state index contributed by atoms with van der Waals surface area (Å²) in [6.07, 6.45) is 3.37. The number of pyridine rings is 1. The van der Waals surface area contributed by atoms with Crippen molar-refractivity contribution in [2.24, 2.45) is 0 Å². The van der Waals surface area contributed by atoms with E-state index in [1.54, 1.807) is 18.3 Å². The highest BCUT2D eigenvalue weighted by Crippen LogP contribution is 2.29. The minimum absolute atomic E-state index is 0.0739. The van der Waals surface area contributed by atoms with Crippen LogP contribution in [0.25, 0.3) is 0 Å². The van der Waals surface area contributed by atoms with E-state index in [-0.39, 0.29) is 29.2 Å². The van der Waals surface area contributed by atoms with E-state index >= 15 is 0 Å². The monoisotopic (exact) mass is 383 g/mol. The highest BCUT2D eigenvalue weighted by Gasteiger charge is 2.23. The van der Waals surface area contributed by atoms with E-state index < -0.39 is 4.92 Å². The van der Waals surface area contributed by atoms with E-state index in [2.05, 4.69) is 27.9 Å². The number of carbonyl (C=O) groups excluding carboxylic acids is 1. The minimum atomic E-state index is -0.475. The smallest absolute Gasteiger partial charge is 0.293 e. The van der Waals surface area contributed by atoms with Crippen LogP contribution in [0.2, 0.25) is 0 Å². The third-order valence-electron chi connectivity index (χ3n) is 4.92. The SMILES string of the molecule is CC1CC(NC(=O)c2ccc(NC(C)c3ccccn3)c([N+](=O)[O-])c2)CCN1. The highest BCUT2D eigenvalue weighted by atomic mass is 16.6. The van der Waals surface area contributed by atoms with Crippen molar-refractivity contribution in [1.29, 1.82) is 0 Å². The summed E-state index contributed by atoms with van der Waals surface area (Å²) in [5.74, 6) is -0.286. The van der Waals surface area contributed by atoms with E-state index in [0.717, 1.165) is 25.1 Å². The van der Waals surface area contributed by atoms with Crippen molar-refractivity contribution >= 4 is 17.3 Å². The maximum atomic E-state index is 12.6. The predicted octanol–water partition coefficient (Wildman–Crippen LogP) is 3.03. The molecule has 0 aliphatic carbocycles. The Morgan fingerprint density at radius 1 is 1.36 bits per heavy atom. The summed E-state index contributed by atoms with van der Waals surface area (Å²) in [5.41, 5.74) is 1.29. The largest absolute Gasteiger partial charge is 0.371 e. The van der Waals surface area contributed by atoms with Gasteiger partial charge in [0.25, 0.3) is 11.6 Å². The molecule has 2 aromatic rings. The van der Waals surface area contributed by atoms with Gasteiger partial charge in [-0.25, -0.2) is 0 Å². The highest BCUT2D eigenvalue weighted by molar-refractivity contribution is 5.96. The zero-order chi connectivity index (χ0) is 20.1. The lowest BCUT2D eigenvalue weighted by Crippen LogP contribution is -2.46. The van der Waals surface area contributed by atoms with Crippen LogP contribution in [-0.4, -0.2) is 34.4 Å². The number of rotatable bonds is 6. The second kappa shape index (κ2) is 8.79. The Balaban J connectivity index is 1.75. The molecule has 1 aliphatic heterocycles. The van der Waals surface area contributed by atoms with Gasteiger partial charge in [0.2, 0.25) is 0 Å². The number of hydrogen-bond donors (Lipinski definition) is 3. The Labute approximate surface area is 163 Å². The summed E-state index contributed by atoms with van der Waals surface area (Å²) >= 11 is 0. The van der Waals surface area contributed by atoms with Crippen molar-refractivity contribution in [2.75, 3.05) is 11.9 Å². The molecule has 1 aliphatic rings. The molecule has 0 saturated carbocycles. The Hall–Kier alpha value is -3.00. The maximum Gasteiger partial charge on any atom is 0.293 e. The van der Waals surface area contributed by atoms with Crippen molar-refractivity contribution in [2.45, 2.75) is 44.8 Å². The number of hydrogen-bond acceptors (Lipinski definition) is 6. The van der Waals surface area contributed by atoms with Gasteiger partial charge in [0.1, 0.15) is 5.69 Å². The van der Waals surface area contributed by atoms with Crippen LogP contribution < -0.4 is 16.0 Å². The van der Waals surface area contributed by atoms with Gasteiger partial charge >= 0.3 is 0 Å². The average Bonchev–Trinajstić information content (AvgIpc) is 2.68. The molecule has 1 aromatic carbocycles. The van der Waals surface area contributed by atoms with Crippen LogP contribution in [0.15, 0.2) is 42.6 Å². The topological polar surface area (TPSA) is 109 Å². The first-order chi connectivity index (χ1) is 13.4. The molecule has 8 nitrogen and oxygen atoms in total. The van der Waals surface area contributed by atoms with Crippen LogP contribution in [0.4, 0.5) is 11.4 Å². The van der Waals surface area contributed by atoms with Crippen molar-refractivity contribution < 1.29 is 9.72 Å². The van der Waals surface area contributed by atoms with Gasteiger partial charge in [-0.05, 0) is 57.5 Å². The number of piperidine rings is 1. The van der Waals surface area contributed by atoms with Crippen LogP contribution in [0, 0.1) is 10.1 Å². The molecule has 1 fully saturated rings. The van der Waals surface area contributed by atoms with E-state index in [9.17, 15) is 14.9 Å². The Kier molecular flexibility index (Phi) is 6.20. The van der Waals surface area contributed by atoms with Crippen LogP contribution in [0.3, 0.4) is 0 Å². The molecular weight excluding hydrogens is 358 g/mol. The first kappa shape index (κ1) is 19.8. The van der Waals surface area contributed by atoms with Crippen molar-refractivity contribution in [3.05, 3.63) is 64.0 Å². The van der Waals surface area contributed by atoms with Crippen LogP contribution in [-0.2, 0) is 0 Å². The fourth-order valence-corrected chi connectivity index (χ4v) is 3.42. The first-order valence-corrected chi connectivity index (χ1v) is 9.44. The van der Waals surface area contributed by atoms with Gasteiger partial charge in [0, 0.05) is 29.9 Å². The van der Waals surface area contributed by atoms with Gasteiger partial charge in [0.15, 0.2) is 0 Å². The molecule has 1 aromatic heterocycles. The molecule has 8 heteroatoms. The molecule has 0 spiro atoms. The Bertz CT molecular complexity index is 843. The molecule has 0 bridgehead atoms. The third kappa shape index (κ3) is 4.83. The van der Waals surface area contributed by atoms with Gasteiger partial charge in [-0.3, -0.25) is 19.9 Å². The summed E-state index contributed by atoms with van der Waals surface area (Å²) in [6.45, 7) is 4.80. The molecule has 2 heterocycles. The van der Waals surface area contributed by atoms with Crippen LogP contribution in [0.5, 0.6) is 0 Å². The lowest BCUT2D eigenvalue weighted by molar-refractivity contribution is -0.384. The molecule has 3 atom stereocenters. The molecule has 3 N–H and O–H groups in total. The number of nitrogens with zero attached hydrogens (tertiary/aromatic N) is 2. The number of amides is 1. The summed E-state index contributed by atoms with van der Waals surface area (Å²) in [6, 6.07) is 10.3. The summed E-state index contributed by atoms with van der Waals surface area (Å²) in [5, 5.41) is 21.0. The van der Waals surface area contributed by atoms with Gasteiger partial charge in [0.05, 0.1) is 16.7 Å². The van der Waals surface area contributed by atoms with Gasteiger partial charge in [-0.1, -0.05) is 6.07 Å². The van der Waals surface area contributed by atoms with Crippen molar-refractivity contribution in [3.8, 4) is 0 Å². The number of nitro benzene ring substituents is 1. The molecule has 3 rings (SSSR count). The van der Waals surface area contributed by atoms with Crippen LogP contribution >= 0.6 is 0 Å². The molecule has 0 radical (unpaired) electrons. The quantitative estimate of drug-likeness (QED) is 0.522. The standard InChI is InChI=1S/C20H25N5O3/c1-13-11-16(8-10-21-13)24-20(26)15-6-7-18(19(12-15)25(27)28)23-14(2)17-5-3-4-9-22-17/h3-7,9,12-14,16,21,23H,8,10-11H2,1-2H3,(H,24,26). The molecule has 148 valence electrons. The van der Waals surface area contributed by atoms with E-state index in [1.807, 2.05) is 25.1 Å². The molecule has 3 unspecified atom stereocenters. The molecular formula is C20H25N5O3. The van der Waals surface area contributed by atoms with E-state index in [0.29, 0.717) is 11.7 Å². The fraction of sp³-hybridized carbons (Fsp3) is 0.400. The van der Waals surface area contributed by atoms with Crippen LogP contribution in [0.1, 0.15) is 48.8 Å². The number of carbonyl (C=O) groups is 1. The number of nitrogens with one attached hydrogen (secondary N) is 3. The molecule has 1 saturated heterocycles. The lowest BCUT2D eigenvalue weighted by Gasteiger charge is -2.28. The second-order valence-corrected chi connectivity index (χ2v) is 7.16. The summed E-state index contributed by atoms with van der Waals surface area (Å²) < 4.78 is 0. The number of aromatic nitrogens is 1. The number of anilines is 1. The zero-order valence-electron chi connectivity index (χ0n) is 16.0. The van der Waals surface area contributed by atoms with E-state index in [4.69, 9.17) is 0 Å². The normalized spacial score (nSPS) is 20.2. The predicted molar refractivity (Wildman–Crippen MR) is 107 cm³/mol. The first-order valence-electron chi connectivity index (χ1n) is 9.44. The second-order valence-electron chi connectivity index (χ2n) is 7.16. The zero-order valence-corrected chi connectivity index (χ0v) is 16.0.